The molecule has 2 atom stereocenters. The second-order valence-electron chi connectivity index (χ2n) is 4.33. The molecule has 0 radical (unpaired) electrons. The van der Waals surface area contributed by atoms with Crippen molar-refractivity contribution in [3.63, 3.8) is 0 Å². The van der Waals surface area contributed by atoms with E-state index in [1.807, 2.05) is 13.2 Å². The maximum Gasteiger partial charge on any atom is 0.0747 e. The van der Waals surface area contributed by atoms with Gasteiger partial charge < -0.3 is 10.1 Å². The van der Waals surface area contributed by atoms with Gasteiger partial charge in [0.2, 0.25) is 0 Å². The molecule has 0 aliphatic heterocycles. The molecule has 0 aromatic rings. The molecule has 0 spiro atoms. The second-order valence-corrected chi connectivity index (χ2v) is 4.33. The molecule has 0 rings (SSSR count). The Morgan fingerprint density at radius 3 is 2.47 bits per heavy atom. The highest BCUT2D eigenvalue weighted by molar-refractivity contribution is 4.80. The van der Waals surface area contributed by atoms with E-state index in [2.05, 4.69) is 32.7 Å². The lowest BCUT2D eigenvalue weighted by atomic mass is 9.95. The van der Waals surface area contributed by atoms with Crippen LogP contribution in [0.2, 0.25) is 0 Å². The van der Waals surface area contributed by atoms with Gasteiger partial charge in [-0.1, -0.05) is 26.8 Å². The molecule has 2 nitrogen and oxygen atoms in total. The fraction of sp³-hybridized carbons (Fsp3) is 0.846. The van der Waals surface area contributed by atoms with Crippen LogP contribution in [-0.4, -0.2) is 25.8 Å². The Kier molecular flexibility index (Phi) is 8.73. The summed E-state index contributed by atoms with van der Waals surface area (Å²) in [5.74, 6) is 0.558. The number of ether oxygens (including phenoxy) is 1. The highest BCUT2D eigenvalue weighted by Crippen LogP contribution is 2.15. The molecule has 0 aromatic heterocycles. The van der Waals surface area contributed by atoms with Crippen molar-refractivity contribution in [2.24, 2.45) is 5.92 Å². The van der Waals surface area contributed by atoms with Crippen molar-refractivity contribution in [1.82, 2.24) is 5.32 Å². The largest absolute Gasteiger partial charge is 0.380 e. The monoisotopic (exact) mass is 213 g/mol. The van der Waals surface area contributed by atoms with Crippen LogP contribution in [0, 0.1) is 5.92 Å². The zero-order valence-electron chi connectivity index (χ0n) is 10.8. The van der Waals surface area contributed by atoms with Gasteiger partial charge >= 0.3 is 0 Å². The first-order valence-electron chi connectivity index (χ1n) is 6.04. The summed E-state index contributed by atoms with van der Waals surface area (Å²) in [6.45, 7) is 11.3. The number of rotatable bonds is 9. The van der Waals surface area contributed by atoms with E-state index in [-0.39, 0.29) is 0 Å². The number of unbranched alkanes of at least 4 members (excludes halogenated alkanes) is 1. The highest BCUT2D eigenvalue weighted by Gasteiger charge is 2.22. The summed E-state index contributed by atoms with van der Waals surface area (Å²) in [4.78, 5) is 0. The summed E-state index contributed by atoms with van der Waals surface area (Å²) in [6.07, 6.45) is 5.75. The quantitative estimate of drug-likeness (QED) is 0.469. The van der Waals surface area contributed by atoms with Gasteiger partial charge in [0.15, 0.2) is 0 Å². The first kappa shape index (κ1) is 14.7. The van der Waals surface area contributed by atoms with Gasteiger partial charge in [0.05, 0.1) is 6.10 Å². The van der Waals surface area contributed by atoms with Crippen LogP contribution in [0.15, 0.2) is 12.7 Å². The molecule has 1 N–H and O–H groups in total. The average molecular weight is 213 g/mol. The molecule has 0 bridgehead atoms. The van der Waals surface area contributed by atoms with Crippen LogP contribution in [0.1, 0.15) is 40.0 Å². The molecule has 2 heteroatoms. The predicted molar refractivity (Wildman–Crippen MR) is 67.1 cm³/mol. The van der Waals surface area contributed by atoms with E-state index >= 15 is 0 Å². The van der Waals surface area contributed by atoms with Crippen molar-refractivity contribution >= 4 is 0 Å². The van der Waals surface area contributed by atoms with Crippen LogP contribution in [-0.2, 0) is 4.74 Å². The normalized spacial score (nSPS) is 15.3. The zero-order chi connectivity index (χ0) is 11.7. The van der Waals surface area contributed by atoms with E-state index in [1.54, 1.807) is 0 Å². The topological polar surface area (TPSA) is 21.3 Å². The molecule has 0 heterocycles. The molecule has 90 valence electrons. The van der Waals surface area contributed by atoms with E-state index in [1.165, 1.54) is 6.42 Å². The standard InChI is InChI=1S/C13H27NO/c1-6-8-9-10-12(14-7-2)13(15-5)11(3)4/h6,11-14H,1,7-10H2,2-5H3. The number of nitrogens with one attached hydrogen (secondary N) is 1. The number of likely N-dealkylation sites (N-methyl/N-ethyl adjacent to an activating group) is 1. The summed E-state index contributed by atoms with van der Waals surface area (Å²) >= 11 is 0. The van der Waals surface area contributed by atoms with Gasteiger partial charge in [-0.25, -0.2) is 0 Å². The molecule has 2 unspecified atom stereocenters. The summed E-state index contributed by atoms with van der Waals surface area (Å²) in [5.41, 5.74) is 0. The molecular weight excluding hydrogens is 186 g/mol. The van der Waals surface area contributed by atoms with E-state index in [9.17, 15) is 0 Å². The smallest absolute Gasteiger partial charge is 0.0747 e. The lowest BCUT2D eigenvalue weighted by molar-refractivity contribution is 0.0307. The van der Waals surface area contributed by atoms with Gasteiger partial charge in [-0.05, 0) is 31.7 Å². The first-order chi connectivity index (χ1) is 7.17. The Labute approximate surface area is 95.1 Å². The third kappa shape index (κ3) is 5.95. The van der Waals surface area contributed by atoms with Crippen molar-refractivity contribution in [2.75, 3.05) is 13.7 Å². The highest BCUT2D eigenvalue weighted by atomic mass is 16.5. The Hall–Kier alpha value is -0.340. The molecule has 0 fully saturated rings. The Morgan fingerprint density at radius 2 is 2.07 bits per heavy atom. The number of hydrogen-bond donors (Lipinski definition) is 1. The number of methoxy groups -OCH3 is 1. The van der Waals surface area contributed by atoms with Gasteiger partial charge in [0, 0.05) is 13.2 Å². The van der Waals surface area contributed by atoms with Gasteiger partial charge in [0.1, 0.15) is 0 Å². The maximum atomic E-state index is 5.57. The summed E-state index contributed by atoms with van der Waals surface area (Å²) < 4.78 is 5.57. The fourth-order valence-electron chi connectivity index (χ4n) is 2.03. The van der Waals surface area contributed by atoms with Crippen LogP contribution in [0.25, 0.3) is 0 Å². The summed E-state index contributed by atoms with van der Waals surface area (Å²) in [5, 5.41) is 3.51. The molecule has 0 aliphatic carbocycles. The predicted octanol–water partition coefficient (Wildman–Crippen LogP) is 2.99. The van der Waals surface area contributed by atoms with Crippen molar-refractivity contribution < 1.29 is 4.74 Å². The second kappa shape index (κ2) is 8.93. The third-order valence-electron chi connectivity index (χ3n) is 2.72. The van der Waals surface area contributed by atoms with Gasteiger partial charge in [-0.15, -0.1) is 6.58 Å². The number of allylic oxidation sites excluding steroid dienone is 1. The van der Waals surface area contributed by atoms with Gasteiger partial charge in [-0.2, -0.15) is 0 Å². The maximum absolute atomic E-state index is 5.57. The van der Waals surface area contributed by atoms with E-state index < -0.39 is 0 Å². The van der Waals surface area contributed by atoms with E-state index in [0.29, 0.717) is 18.1 Å². The molecule has 0 aliphatic rings. The van der Waals surface area contributed by atoms with Crippen molar-refractivity contribution in [3.05, 3.63) is 12.7 Å². The van der Waals surface area contributed by atoms with E-state index in [4.69, 9.17) is 4.74 Å². The minimum atomic E-state index is 0.315. The van der Waals surface area contributed by atoms with Crippen LogP contribution >= 0.6 is 0 Å². The van der Waals surface area contributed by atoms with Crippen LogP contribution < -0.4 is 5.32 Å². The SMILES string of the molecule is C=CCCCC(NCC)C(OC)C(C)C. The Morgan fingerprint density at radius 1 is 1.40 bits per heavy atom. The lowest BCUT2D eigenvalue weighted by Crippen LogP contribution is -2.43. The van der Waals surface area contributed by atoms with Crippen LogP contribution in [0.3, 0.4) is 0 Å². The third-order valence-corrected chi connectivity index (χ3v) is 2.72. The minimum absolute atomic E-state index is 0.315. The molecule has 0 aromatic carbocycles. The first-order valence-corrected chi connectivity index (χ1v) is 6.04. The van der Waals surface area contributed by atoms with E-state index in [0.717, 1.165) is 19.4 Å². The fourth-order valence-corrected chi connectivity index (χ4v) is 2.03. The lowest BCUT2D eigenvalue weighted by Gasteiger charge is -2.29. The van der Waals surface area contributed by atoms with Gasteiger partial charge in [-0.3, -0.25) is 0 Å². The van der Waals surface area contributed by atoms with Crippen molar-refractivity contribution in [2.45, 2.75) is 52.2 Å². The average Bonchev–Trinajstić information content (AvgIpc) is 2.18. The summed E-state index contributed by atoms with van der Waals surface area (Å²) in [7, 11) is 1.81. The van der Waals surface area contributed by atoms with Crippen LogP contribution in [0.4, 0.5) is 0 Å². The van der Waals surface area contributed by atoms with Crippen LogP contribution in [0.5, 0.6) is 0 Å². The molecule has 0 saturated heterocycles. The molecular formula is C13H27NO. The molecule has 15 heavy (non-hydrogen) atoms. The van der Waals surface area contributed by atoms with Crippen molar-refractivity contribution in [1.29, 1.82) is 0 Å². The minimum Gasteiger partial charge on any atom is -0.380 e. The Balaban J connectivity index is 4.13. The molecule has 0 amide bonds. The zero-order valence-corrected chi connectivity index (χ0v) is 10.8. The molecule has 0 saturated carbocycles. The van der Waals surface area contributed by atoms with Crippen molar-refractivity contribution in [3.8, 4) is 0 Å². The summed E-state index contributed by atoms with van der Waals surface area (Å²) in [6, 6.07) is 0.472. The number of hydrogen-bond acceptors (Lipinski definition) is 2. The van der Waals surface area contributed by atoms with Gasteiger partial charge in [0.25, 0.3) is 0 Å². The Bertz CT molecular complexity index is 157.